The molecule has 1 N–H and O–H groups in total. The van der Waals surface area contributed by atoms with Crippen molar-refractivity contribution >= 4 is 29.3 Å². The molecule has 0 aliphatic carbocycles. The second-order valence-electron chi connectivity index (χ2n) is 8.66. The third-order valence-electron chi connectivity index (χ3n) is 3.54. The molecule has 166 valence electrons. The summed E-state index contributed by atoms with van der Waals surface area (Å²) in [6.07, 6.45) is -1.31. The Labute approximate surface area is 175 Å². The molecule has 1 rings (SSSR count). The zero-order valence-corrected chi connectivity index (χ0v) is 18.3. The lowest BCUT2D eigenvalue weighted by molar-refractivity contribution is -0.384. The van der Waals surface area contributed by atoms with Crippen LogP contribution in [0, 0.1) is 10.1 Å². The average Bonchev–Trinajstić information content (AvgIpc) is 2.56. The molecule has 0 aliphatic rings. The van der Waals surface area contributed by atoms with Gasteiger partial charge in [0, 0.05) is 19.2 Å². The van der Waals surface area contributed by atoms with E-state index in [-0.39, 0.29) is 11.4 Å². The number of rotatable bonds is 6. The predicted octanol–water partition coefficient (Wildman–Crippen LogP) is 3.18. The van der Waals surface area contributed by atoms with E-state index in [4.69, 9.17) is 9.47 Å². The topological polar surface area (TPSA) is 128 Å². The average molecular weight is 423 g/mol. The monoisotopic (exact) mass is 423 g/mol. The van der Waals surface area contributed by atoms with Gasteiger partial charge in [-0.25, -0.2) is 4.79 Å². The molecule has 1 atom stereocenters. The first-order valence-corrected chi connectivity index (χ1v) is 9.32. The van der Waals surface area contributed by atoms with Crippen molar-refractivity contribution in [3.8, 4) is 0 Å². The summed E-state index contributed by atoms with van der Waals surface area (Å²) in [5.41, 5.74) is -1.55. The molecule has 0 heterocycles. The summed E-state index contributed by atoms with van der Waals surface area (Å²) < 4.78 is 10.4. The van der Waals surface area contributed by atoms with Crippen molar-refractivity contribution in [3.63, 3.8) is 0 Å². The second-order valence-corrected chi connectivity index (χ2v) is 8.66. The summed E-state index contributed by atoms with van der Waals surface area (Å²) in [6, 6.07) is 4.15. The van der Waals surface area contributed by atoms with Crippen LogP contribution in [0.15, 0.2) is 24.3 Å². The number of non-ortho nitro benzene ring substituents is 1. The molecular formula is C20H29N3O7. The highest BCUT2D eigenvalue weighted by Gasteiger charge is 2.31. The number of alkyl carbamates (subject to hydrolysis) is 1. The minimum absolute atomic E-state index is 0.198. The highest BCUT2D eigenvalue weighted by Crippen LogP contribution is 2.21. The molecule has 2 amide bonds. The van der Waals surface area contributed by atoms with Crippen LogP contribution >= 0.6 is 0 Å². The van der Waals surface area contributed by atoms with E-state index in [1.807, 2.05) is 0 Å². The maximum atomic E-state index is 13.0. The lowest BCUT2D eigenvalue weighted by atomic mass is 10.1. The number of nitro groups is 1. The standard InChI is InChI=1S/C20H29N3O7/c1-19(2,3)29-16(24)12-15(21-18(26)30-20(4,5)6)17(25)22(7)13-9-8-10-14(11-13)23(27)28/h8-11,15H,12H2,1-7H3,(H,21,26)/t15-/m1/s1. The van der Waals surface area contributed by atoms with E-state index < -0.39 is 46.6 Å². The fraction of sp³-hybridized carbons (Fsp3) is 0.550. The Hall–Kier alpha value is -3.17. The van der Waals surface area contributed by atoms with Gasteiger partial charge in [-0.2, -0.15) is 0 Å². The highest BCUT2D eigenvalue weighted by molar-refractivity contribution is 6.00. The van der Waals surface area contributed by atoms with Gasteiger partial charge in [0.2, 0.25) is 5.91 Å². The zero-order chi connectivity index (χ0) is 23.3. The largest absolute Gasteiger partial charge is 0.460 e. The summed E-state index contributed by atoms with van der Waals surface area (Å²) in [5.74, 6) is -1.35. The first-order chi connectivity index (χ1) is 13.6. The Bertz CT molecular complexity index is 779. The summed E-state index contributed by atoms with van der Waals surface area (Å²) in [4.78, 5) is 49.0. The lowest BCUT2D eigenvalue weighted by Crippen LogP contribution is -2.50. The maximum absolute atomic E-state index is 13.0. The van der Waals surface area contributed by atoms with Gasteiger partial charge in [-0.1, -0.05) is 6.07 Å². The van der Waals surface area contributed by atoms with Crippen molar-refractivity contribution in [3.05, 3.63) is 34.4 Å². The van der Waals surface area contributed by atoms with Crippen molar-refractivity contribution in [2.24, 2.45) is 0 Å². The number of hydrogen-bond acceptors (Lipinski definition) is 7. The van der Waals surface area contributed by atoms with Gasteiger partial charge < -0.3 is 19.7 Å². The number of hydrogen-bond donors (Lipinski definition) is 1. The van der Waals surface area contributed by atoms with E-state index in [1.165, 1.54) is 31.3 Å². The molecule has 0 spiro atoms. The van der Waals surface area contributed by atoms with Crippen LogP contribution in [-0.2, 0) is 19.1 Å². The van der Waals surface area contributed by atoms with Gasteiger partial charge in [-0.05, 0) is 47.6 Å². The summed E-state index contributed by atoms with van der Waals surface area (Å²) in [7, 11) is 1.39. The van der Waals surface area contributed by atoms with Crippen molar-refractivity contribution in [2.75, 3.05) is 11.9 Å². The molecule has 10 nitrogen and oxygen atoms in total. The van der Waals surface area contributed by atoms with E-state index in [9.17, 15) is 24.5 Å². The molecule has 0 aliphatic heterocycles. The Morgan fingerprint density at radius 3 is 2.17 bits per heavy atom. The Morgan fingerprint density at radius 2 is 1.67 bits per heavy atom. The maximum Gasteiger partial charge on any atom is 0.408 e. The minimum atomic E-state index is -1.29. The van der Waals surface area contributed by atoms with Gasteiger partial charge in [0.1, 0.15) is 17.2 Å². The summed E-state index contributed by atoms with van der Waals surface area (Å²) >= 11 is 0. The number of nitrogens with one attached hydrogen (secondary N) is 1. The van der Waals surface area contributed by atoms with E-state index in [0.29, 0.717) is 0 Å². The number of benzene rings is 1. The van der Waals surface area contributed by atoms with Gasteiger partial charge in [0.15, 0.2) is 0 Å². The number of nitrogens with zero attached hydrogens (tertiary/aromatic N) is 2. The number of carbonyl (C=O) groups excluding carboxylic acids is 3. The van der Waals surface area contributed by atoms with Crippen LogP contribution in [0.3, 0.4) is 0 Å². The number of ether oxygens (including phenoxy) is 2. The number of anilines is 1. The Kier molecular flexibility index (Phi) is 7.92. The van der Waals surface area contributed by atoms with Crippen molar-refractivity contribution in [1.82, 2.24) is 5.32 Å². The van der Waals surface area contributed by atoms with Crippen LogP contribution in [0.2, 0.25) is 0 Å². The third-order valence-corrected chi connectivity index (χ3v) is 3.54. The molecule has 10 heteroatoms. The van der Waals surface area contributed by atoms with Crippen molar-refractivity contribution < 1.29 is 28.8 Å². The van der Waals surface area contributed by atoms with E-state index in [1.54, 1.807) is 41.5 Å². The number of esters is 1. The molecule has 0 fully saturated rings. The number of nitro benzene ring substituents is 1. The fourth-order valence-electron chi connectivity index (χ4n) is 2.38. The van der Waals surface area contributed by atoms with Crippen LogP contribution in [0.4, 0.5) is 16.2 Å². The van der Waals surface area contributed by atoms with Crippen LogP contribution < -0.4 is 10.2 Å². The SMILES string of the molecule is CN(C(=O)[C@@H](CC(=O)OC(C)(C)C)NC(=O)OC(C)(C)C)c1cccc([N+](=O)[O-])c1. The second kappa shape index (κ2) is 9.55. The Morgan fingerprint density at radius 1 is 1.10 bits per heavy atom. The van der Waals surface area contributed by atoms with Crippen LogP contribution in [0.5, 0.6) is 0 Å². The summed E-state index contributed by atoms with van der Waals surface area (Å²) in [5, 5.41) is 13.4. The molecule has 0 radical (unpaired) electrons. The first kappa shape index (κ1) is 24.9. The first-order valence-electron chi connectivity index (χ1n) is 9.32. The van der Waals surface area contributed by atoms with Crippen LogP contribution in [-0.4, -0.2) is 47.2 Å². The zero-order valence-electron chi connectivity index (χ0n) is 18.3. The third kappa shape index (κ3) is 8.46. The molecule has 0 aromatic heterocycles. The molecule has 30 heavy (non-hydrogen) atoms. The number of likely N-dealkylation sites (N-methyl/N-ethyl adjacent to an activating group) is 1. The number of amides is 2. The molecule has 1 aromatic rings. The molecule has 0 unspecified atom stereocenters. The molecule has 0 saturated carbocycles. The van der Waals surface area contributed by atoms with Crippen LogP contribution in [0.1, 0.15) is 48.0 Å². The van der Waals surface area contributed by atoms with Gasteiger partial charge in [0.05, 0.1) is 17.0 Å². The van der Waals surface area contributed by atoms with E-state index >= 15 is 0 Å². The van der Waals surface area contributed by atoms with Crippen LogP contribution in [0.25, 0.3) is 0 Å². The van der Waals surface area contributed by atoms with Gasteiger partial charge >= 0.3 is 12.1 Å². The van der Waals surface area contributed by atoms with Gasteiger partial charge in [0.25, 0.3) is 5.69 Å². The van der Waals surface area contributed by atoms with Gasteiger partial charge in [-0.15, -0.1) is 0 Å². The smallest absolute Gasteiger partial charge is 0.408 e. The quantitative estimate of drug-likeness (QED) is 0.423. The molecule has 1 aromatic carbocycles. The van der Waals surface area contributed by atoms with Crippen molar-refractivity contribution in [1.29, 1.82) is 0 Å². The predicted molar refractivity (Wildman–Crippen MR) is 110 cm³/mol. The molecule has 0 saturated heterocycles. The minimum Gasteiger partial charge on any atom is -0.460 e. The van der Waals surface area contributed by atoms with Crippen molar-refractivity contribution in [2.45, 2.75) is 65.2 Å². The Balaban J connectivity index is 3.10. The fourth-order valence-corrected chi connectivity index (χ4v) is 2.38. The highest BCUT2D eigenvalue weighted by atomic mass is 16.6. The van der Waals surface area contributed by atoms with E-state index in [2.05, 4.69) is 5.32 Å². The summed E-state index contributed by atoms with van der Waals surface area (Å²) in [6.45, 7) is 10.0. The van der Waals surface area contributed by atoms with Gasteiger partial charge in [-0.3, -0.25) is 19.7 Å². The lowest BCUT2D eigenvalue weighted by Gasteiger charge is -2.27. The normalized spacial score (nSPS) is 12.5. The van der Waals surface area contributed by atoms with E-state index in [0.717, 1.165) is 4.90 Å². The molecule has 0 bridgehead atoms. The molecular weight excluding hydrogens is 394 g/mol. The number of carbonyl (C=O) groups is 3.